The second-order valence-corrected chi connectivity index (χ2v) is 5.45. The first kappa shape index (κ1) is 13.9. The summed E-state index contributed by atoms with van der Waals surface area (Å²) in [6, 6.07) is 2.97. The topological polar surface area (TPSA) is 66.6 Å². The first-order valence-corrected chi connectivity index (χ1v) is 5.68. The normalized spacial score (nSPS) is 11.4. The number of carbonyl (C=O) groups is 1. The fraction of sp³-hybridized carbons (Fsp3) is 0.364. The summed E-state index contributed by atoms with van der Waals surface area (Å²) in [5, 5.41) is 9.83. The predicted octanol–water partition coefficient (Wildman–Crippen LogP) is 3.86. The summed E-state index contributed by atoms with van der Waals surface area (Å²) >= 11 is 11.8. The molecule has 4 nitrogen and oxygen atoms in total. The molecule has 1 aromatic rings. The molecular weight excluding hydrogens is 263 g/mol. The number of rotatable bonds is 1. The Morgan fingerprint density at radius 1 is 1.35 bits per heavy atom. The van der Waals surface area contributed by atoms with Crippen LogP contribution in [0.25, 0.3) is 0 Å². The van der Waals surface area contributed by atoms with Crippen LogP contribution < -0.4 is 10.6 Å². The van der Waals surface area contributed by atoms with Crippen LogP contribution in [-0.4, -0.2) is 16.7 Å². The van der Waals surface area contributed by atoms with Gasteiger partial charge in [-0.1, -0.05) is 23.2 Å². The van der Waals surface area contributed by atoms with Crippen molar-refractivity contribution in [2.45, 2.75) is 26.3 Å². The van der Waals surface area contributed by atoms with Crippen LogP contribution in [0.15, 0.2) is 12.1 Å². The van der Waals surface area contributed by atoms with E-state index in [0.717, 1.165) is 4.90 Å². The molecular formula is C11H14Cl2N2O2. The van der Waals surface area contributed by atoms with Crippen molar-refractivity contribution in [2.24, 2.45) is 0 Å². The van der Waals surface area contributed by atoms with Crippen molar-refractivity contribution in [1.29, 1.82) is 0 Å². The van der Waals surface area contributed by atoms with Crippen LogP contribution in [0.2, 0.25) is 10.0 Å². The average Bonchev–Trinajstić information content (AvgIpc) is 2.10. The van der Waals surface area contributed by atoms with Crippen LogP contribution in [-0.2, 0) is 0 Å². The van der Waals surface area contributed by atoms with Crippen molar-refractivity contribution in [3.63, 3.8) is 0 Å². The van der Waals surface area contributed by atoms with E-state index in [1.807, 2.05) is 0 Å². The lowest BCUT2D eigenvalue weighted by Gasteiger charge is -2.34. The number of hydrogen-bond donors (Lipinski definition) is 2. The number of nitrogen functional groups attached to an aromatic ring is 1. The van der Waals surface area contributed by atoms with Gasteiger partial charge in [-0.25, -0.2) is 4.79 Å². The van der Waals surface area contributed by atoms with Gasteiger partial charge in [-0.3, -0.25) is 4.90 Å². The number of hydrogen-bond acceptors (Lipinski definition) is 2. The van der Waals surface area contributed by atoms with Gasteiger partial charge in [0.2, 0.25) is 0 Å². The lowest BCUT2D eigenvalue weighted by Crippen LogP contribution is -2.45. The van der Waals surface area contributed by atoms with Crippen LogP contribution in [0.1, 0.15) is 20.8 Å². The standard InChI is InChI=1S/C11H14Cl2N2O2/c1-11(2,3)15(10(16)17)8-5-6(12)4-7(13)9(8)14/h4-5H,14H2,1-3H3,(H,16,17). The first-order chi connectivity index (χ1) is 7.64. The van der Waals surface area contributed by atoms with Crippen LogP contribution in [0, 0.1) is 0 Å². The Bertz CT molecular complexity index is 456. The molecule has 1 rings (SSSR count). The van der Waals surface area contributed by atoms with Gasteiger partial charge in [-0.05, 0) is 32.9 Å². The highest BCUT2D eigenvalue weighted by Crippen LogP contribution is 2.37. The monoisotopic (exact) mass is 276 g/mol. The molecule has 0 atom stereocenters. The highest BCUT2D eigenvalue weighted by atomic mass is 35.5. The van der Waals surface area contributed by atoms with Gasteiger partial charge in [-0.2, -0.15) is 0 Å². The molecule has 0 saturated heterocycles. The van der Waals surface area contributed by atoms with E-state index in [-0.39, 0.29) is 10.7 Å². The molecule has 0 fully saturated rings. The van der Waals surface area contributed by atoms with Crippen LogP contribution in [0.5, 0.6) is 0 Å². The zero-order chi connectivity index (χ0) is 13.4. The molecule has 0 aliphatic carbocycles. The number of benzene rings is 1. The molecule has 0 saturated carbocycles. The third kappa shape index (κ3) is 2.96. The Morgan fingerprint density at radius 2 is 1.88 bits per heavy atom. The summed E-state index contributed by atoms with van der Waals surface area (Å²) in [5.74, 6) is 0. The van der Waals surface area contributed by atoms with Gasteiger partial charge in [0.15, 0.2) is 0 Å². The molecule has 0 heterocycles. The van der Waals surface area contributed by atoms with E-state index in [1.54, 1.807) is 20.8 Å². The molecule has 0 unspecified atom stereocenters. The van der Waals surface area contributed by atoms with Gasteiger partial charge in [0.05, 0.1) is 16.4 Å². The van der Waals surface area contributed by atoms with E-state index in [4.69, 9.17) is 28.9 Å². The minimum absolute atomic E-state index is 0.202. The molecule has 0 aliphatic heterocycles. The van der Waals surface area contributed by atoms with Crippen molar-refractivity contribution in [1.82, 2.24) is 0 Å². The van der Waals surface area contributed by atoms with Crippen LogP contribution >= 0.6 is 23.2 Å². The Kier molecular flexibility index (Phi) is 3.79. The number of amides is 1. The van der Waals surface area contributed by atoms with E-state index >= 15 is 0 Å². The molecule has 1 amide bonds. The summed E-state index contributed by atoms with van der Waals surface area (Å²) in [7, 11) is 0. The summed E-state index contributed by atoms with van der Waals surface area (Å²) in [6.45, 7) is 5.28. The van der Waals surface area contributed by atoms with E-state index in [0.29, 0.717) is 10.7 Å². The number of nitrogens with two attached hydrogens (primary N) is 1. The fourth-order valence-corrected chi connectivity index (χ4v) is 1.99. The van der Waals surface area contributed by atoms with Crippen LogP contribution in [0.4, 0.5) is 16.2 Å². The highest BCUT2D eigenvalue weighted by molar-refractivity contribution is 6.37. The van der Waals surface area contributed by atoms with Crippen molar-refractivity contribution >= 4 is 40.7 Å². The van der Waals surface area contributed by atoms with Gasteiger partial charge in [0.1, 0.15) is 0 Å². The molecule has 0 aromatic heterocycles. The summed E-state index contributed by atoms with van der Waals surface area (Å²) in [6.07, 6.45) is -1.11. The molecule has 0 spiro atoms. The Balaban J connectivity index is 3.44. The van der Waals surface area contributed by atoms with Crippen molar-refractivity contribution < 1.29 is 9.90 Å². The summed E-state index contributed by atoms with van der Waals surface area (Å²) < 4.78 is 0. The number of halogens is 2. The van der Waals surface area contributed by atoms with E-state index < -0.39 is 11.6 Å². The SMILES string of the molecule is CC(C)(C)N(C(=O)O)c1cc(Cl)cc(Cl)c1N. The zero-order valence-corrected chi connectivity index (χ0v) is 11.3. The molecule has 17 heavy (non-hydrogen) atoms. The molecule has 3 N–H and O–H groups in total. The second-order valence-electron chi connectivity index (χ2n) is 4.61. The third-order valence-corrected chi connectivity index (χ3v) is 2.71. The minimum atomic E-state index is -1.11. The predicted molar refractivity (Wildman–Crippen MR) is 71.1 cm³/mol. The Labute approximate surface area is 110 Å². The van der Waals surface area contributed by atoms with Crippen LogP contribution in [0.3, 0.4) is 0 Å². The highest BCUT2D eigenvalue weighted by Gasteiger charge is 2.30. The minimum Gasteiger partial charge on any atom is -0.465 e. The number of anilines is 2. The molecule has 0 aliphatic rings. The Morgan fingerprint density at radius 3 is 2.29 bits per heavy atom. The number of carboxylic acid groups (broad SMARTS) is 1. The van der Waals surface area contributed by atoms with Gasteiger partial charge in [0, 0.05) is 10.6 Å². The first-order valence-electron chi connectivity index (χ1n) is 4.92. The molecule has 1 aromatic carbocycles. The van der Waals surface area contributed by atoms with Crippen molar-refractivity contribution in [2.75, 3.05) is 10.6 Å². The molecule has 0 bridgehead atoms. The lowest BCUT2D eigenvalue weighted by molar-refractivity contribution is 0.195. The Hall–Kier alpha value is -1.13. The maximum absolute atomic E-state index is 11.3. The largest absolute Gasteiger partial charge is 0.465 e. The van der Waals surface area contributed by atoms with Crippen molar-refractivity contribution in [3.05, 3.63) is 22.2 Å². The molecule has 94 valence electrons. The smallest absolute Gasteiger partial charge is 0.412 e. The van der Waals surface area contributed by atoms with E-state index in [1.165, 1.54) is 12.1 Å². The lowest BCUT2D eigenvalue weighted by atomic mass is 10.0. The maximum atomic E-state index is 11.3. The zero-order valence-electron chi connectivity index (χ0n) is 9.79. The van der Waals surface area contributed by atoms with Gasteiger partial charge in [0.25, 0.3) is 0 Å². The molecule has 0 radical (unpaired) electrons. The fourth-order valence-electron chi connectivity index (χ4n) is 1.51. The van der Waals surface area contributed by atoms with Gasteiger partial charge < -0.3 is 10.8 Å². The average molecular weight is 277 g/mol. The third-order valence-electron chi connectivity index (χ3n) is 2.18. The molecule has 6 heteroatoms. The second kappa shape index (κ2) is 4.63. The van der Waals surface area contributed by atoms with Gasteiger partial charge >= 0.3 is 6.09 Å². The maximum Gasteiger partial charge on any atom is 0.412 e. The summed E-state index contributed by atoms with van der Waals surface area (Å²) in [4.78, 5) is 12.4. The quantitative estimate of drug-likeness (QED) is 0.766. The van der Waals surface area contributed by atoms with Gasteiger partial charge in [-0.15, -0.1) is 0 Å². The summed E-state index contributed by atoms with van der Waals surface area (Å²) in [5.41, 5.74) is 5.64. The van der Waals surface area contributed by atoms with Crippen molar-refractivity contribution in [3.8, 4) is 0 Å². The van der Waals surface area contributed by atoms with E-state index in [9.17, 15) is 9.90 Å². The number of nitrogens with zero attached hydrogens (tertiary/aromatic N) is 1. The van der Waals surface area contributed by atoms with E-state index in [2.05, 4.69) is 0 Å².